The number of nitrogens with zero attached hydrogens (tertiary/aromatic N) is 2. The molecule has 0 amide bonds. The fourth-order valence-electron chi connectivity index (χ4n) is 2.96. The second kappa shape index (κ2) is 8.70. The number of carbonyl (C=O) groups is 1. The van der Waals surface area contributed by atoms with Crippen LogP contribution in [0.5, 0.6) is 0 Å². The Balaban J connectivity index is 1.74. The maximum atomic E-state index is 12.1. The summed E-state index contributed by atoms with van der Waals surface area (Å²) in [5.74, 6) is -0.465. The van der Waals surface area contributed by atoms with Crippen LogP contribution in [-0.4, -0.2) is 39.8 Å². The van der Waals surface area contributed by atoms with Crippen molar-refractivity contribution in [1.29, 1.82) is 0 Å². The van der Waals surface area contributed by atoms with Crippen LogP contribution < -0.4 is 16.5 Å². The van der Waals surface area contributed by atoms with Gasteiger partial charge in [-0.25, -0.2) is 0 Å². The van der Waals surface area contributed by atoms with Crippen molar-refractivity contribution in [2.24, 2.45) is 10.8 Å². The Bertz CT molecular complexity index is 856. The van der Waals surface area contributed by atoms with Gasteiger partial charge in [0.1, 0.15) is 6.10 Å². The van der Waals surface area contributed by atoms with E-state index < -0.39 is 6.10 Å². The number of nitrogens with two attached hydrogens (primary N) is 1. The van der Waals surface area contributed by atoms with E-state index in [4.69, 9.17) is 18.0 Å². The lowest BCUT2D eigenvalue weighted by Gasteiger charge is -2.31. The Morgan fingerprint density at radius 3 is 2.93 bits per heavy atom. The van der Waals surface area contributed by atoms with Crippen molar-refractivity contribution in [3.8, 4) is 0 Å². The van der Waals surface area contributed by atoms with Crippen LogP contribution in [-0.2, 0) is 11.2 Å². The van der Waals surface area contributed by atoms with Crippen molar-refractivity contribution in [3.63, 3.8) is 0 Å². The highest BCUT2D eigenvalue weighted by atomic mass is 32.1. The number of hydrazone groups is 1. The monoisotopic (exact) mass is 383 g/mol. The van der Waals surface area contributed by atoms with Crippen LogP contribution in [0.25, 0.3) is 0 Å². The number of Topliss-reactive ketones (excluding diaryl/α,β-unsaturated/α-hetero) is 1. The topological polar surface area (TPSA) is 113 Å². The lowest BCUT2D eigenvalue weighted by molar-refractivity contribution is -0.138. The lowest BCUT2D eigenvalue weighted by Crippen LogP contribution is -2.40. The average molecular weight is 383 g/mol. The van der Waals surface area contributed by atoms with E-state index in [0.29, 0.717) is 13.0 Å². The molecular formula is C19H21N5O2S. The summed E-state index contributed by atoms with van der Waals surface area (Å²) in [5, 5.41) is 17.0. The number of anilines is 1. The molecule has 3 rings (SSSR count). The molecule has 0 radical (unpaired) electrons. The van der Waals surface area contributed by atoms with Crippen molar-refractivity contribution < 1.29 is 9.90 Å². The molecule has 1 saturated carbocycles. The molecule has 140 valence electrons. The Hall–Kier alpha value is -2.84. The molecule has 27 heavy (non-hydrogen) atoms. The zero-order valence-electron chi connectivity index (χ0n) is 14.6. The van der Waals surface area contributed by atoms with Crippen molar-refractivity contribution >= 4 is 35.0 Å². The predicted molar refractivity (Wildman–Crippen MR) is 109 cm³/mol. The second-order valence-corrected chi connectivity index (χ2v) is 6.73. The standard InChI is InChI=1S/C19H21N5O2S/c20-19(27)24-23-11-12-4-5-16(14(9-12)15-10-17(25)18(15)26)22-8-6-13-3-1-2-7-21-13/h1-5,7,9,11,15,17,22,25H,6,8,10H2,(H3,20,24,27)/b23-11+. The number of aromatic nitrogens is 1. The summed E-state index contributed by atoms with van der Waals surface area (Å²) in [6.45, 7) is 0.684. The normalized spacial score (nSPS) is 18.9. The van der Waals surface area contributed by atoms with Crippen LogP contribution in [0.1, 0.15) is 29.2 Å². The number of thiocarbonyl (C=S) groups is 1. The van der Waals surface area contributed by atoms with Crippen molar-refractivity contribution in [2.75, 3.05) is 11.9 Å². The molecule has 0 spiro atoms. The first-order valence-electron chi connectivity index (χ1n) is 8.62. The molecule has 0 bridgehead atoms. The van der Waals surface area contributed by atoms with E-state index in [9.17, 15) is 9.90 Å². The highest BCUT2D eigenvalue weighted by molar-refractivity contribution is 7.80. The Kier molecular flexibility index (Phi) is 6.10. The number of rotatable bonds is 7. The fraction of sp³-hybridized carbons (Fsp3) is 0.263. The fourth-order valence-corrected chi connectivity index (χ4v) is 3.01. The zero-order chi connectivity index (χ0) is 19.2. The Morgan fingerprint density at radius 2 is 2.26 bits per heavy atom. The maximum Gasteiger partial charge on any atom is 0.184 e. The van der Waals surface area contributed by atoms with Crippen molar-refractivity contribution in [3.05, 3.63) is 59.4 Å². The van der Waals surface area contributed by atoms with Gasteiger partial charge in [-0.15, -0.1) is 0 Å². The third-order valence-electron chi connectivity index (χ3n) is 4.39. The van der Waals surface area contributed by atoms with Gasteiger partial charge in [-0.2, -0.15) is 5.10 Å². The number of pyridine rings is 1. The lowest BCUT2D eigenvalue weighted by atomic mass is 9.75. The number of ketones is 1. The van der Waals surface area contributed by atoms with Crippen molar-refractivity contribution in [2.45, 2.75) is 24.9 Å². The summed E-state index contributed by atoms with van der Waals surface area (Å²) in [4.78, 5) is 16.4. The van der Waals surface area contributed by atoms with Gasteiger partial charge >= 0.3 is 0 Å². The minimum atomic E-state index is -0.870. The second-order valence-electron chi connectivity index (χ2n) is 6.29. The molecular weight excluding hydrogens is 362 g/mol. The molecule has 1 aliphatic carbocycles. The minimum Gasteiger partial charge on any atom is -0.385 e. The molecule has 5 N–H and O–H groups in total. The summed E-state index contributed by atoms with van der Waals surface area (Å²) < 4.78 is 0. The quantitative estimate of drug-likeness (QED) is 0.324. The first-order chi connectivity index (χ1) is 13.0. The van der Waals surface area contributed by atoms with Crippen LogP contribution in [0.2, 0.25) is 0 Å². The van der Waals surface area contributed by atoms with E-state index in [1.165, 1.54) is 0 Å². The largest absolute Gasteiger partial charge is 0.385 e. The maximum absolute atomic E-state index is 12.1. The Labute approximate surface area is 162 Å². The van der Waals surface area contributed by atoms with Gasteiger partial charge in [-0.05, 0) is 54.0 Å². The van der Waals surface area contributed by atoms with Gasteiger partial charge in [0, 0.05) is 30.5 Å². The van der Waals surface area contributed by atoms with Crippen molar-refractivity contribution in [1.82, 2.24) is 10.4 Å². The van der Waals surface area contributed by atoms with Gasteiger partial charge in [0.2, 0.25) is 0 Å². The number of carbonyl (C=O) groups excluding carboxylic acids is 1. The van der Waals surface area contributed by atoms with Gasteiger partial charge in [0.05, 0.1) is 12.1 Å². The first kappa shape index (κ1) is 18.9. The van der Waals surface area contributed by atoms with E-state index in [1.54, 1.807) is 12.4 Å². The van der Waals surface area contributed by atoms with Crippen LogP contribution >= 0.6 is 12.2 Å². The Morgan fingerprint density at radius 1 is 1.41 bits per heavy atom. The molecule has 7 nitrogen and oxygen atoms in total. The number of aliphatic hydroxyl groups excluding tert-OH is 1. The van der Waals surface area contributed by atoms with E-state index in [1.807, 2.05) is 36.4 Å². The molecule has 2 unspecified atom stereocenters. The van der Waals surface area contributed by atoms with Gasteiger partial charge in [0.15, 0.2) is 10.9 Å². The number of hydrogen-bond donors (Lipinski definition) is 4. The van der Waals surface area contributed by atoms with Gasteiger partial charge in [0.25, 0.3) is 0 Å². The molecule has 2 atom stereocenters. The molecule has 1 aromatic carbocycles. The summed E-state index contributed by atoms with van der Waals surface area (Å²) >= 11 is 4.71. The number of hydrogen-bond acceptors (Lipinski definition) is 6. The summed E-state index contributed by atoms with van der Waals surface area (Å²) in [6.07, 6.45) is 3.68. The van der Waals surface area contributed by atoms with Gasteiger partial charge in [-0.1, -0.05) is 12.1 Å². The van der Waals surface area contributed by atoms with E-state index in [2.05, 4.69) is 20.8 Å². The summed E-state index contributed by atoms with van der Waals surface area (Å²) in [6, 6.07) is 11.5. The number of nitrogens with one attached hydrogen (secondary N) is 2. The number of aliphatic hydroxyl groups is 1. The highest BCUT2D eigenvalue weighted by Crippen LogP contribution is 2.37. The molecule has 2 aromatic rings. The zero-order valence-corrected chi connectivity index (χ0v) is 15.4. The predicted octanol–water partition coefficient (Wildman–Crippen LogP) is 1.32. The van der Waals surface area contributed by atoms with Gasteiger partial charge in [-0.3, -0.25) is 15.2 Å². The molecule has 1 aromatic heterocycles. The molecule has 8 heteroatoms. The van der Waals surface area contributed by atoms with E-state index in [-0.39, 0.29) is 16.8 Å². The van der Waals surface area contributed by atoms with Crippen LogP contribution in [0.15, 0.2) is 47.7 Å². The molecule has 0 aliphatic heterocycles. The third-order valence-corrected chi connectivity index (χ3v) is 4.48. The smallest absolute Gasteiger partial charge is 0.184 e. The number of benzene rings is 1. The SMILES string of the molecule is NC(=S)N/N=C/c1ccc(NCCc2ccccn2)c(C2CC(O)C2=O)c1. The van der Waals surface area contributed by atoms with Crippen LogP contribution in [0, 0.1) is 0 Å². The molecule has 0 saturated heterocycles. The highest BCUT2D eigenvalue weighted by Gasteiger charge is 2.40. The van der Waals surface area contributed by atoms with Crippen LogP contribution in [0.3, 0.4) is 0 Å². The summed E-state index contributed by atoms with van der Waals surface area (Å²) in [5.41, 5.74) is 11.4. The van der Waals surface area contributed by atoms with Crippen LogP contribution in [0.4, 0.5) is 5.69 Å². The van der Waals surface area contributed by atoms with E-state index >= 15 is 0 Å². The average Bonchev–Trinajstić information content (AvgIpc) is 2.67. The van der Waals surface area contributed by atoms with E-state index in [0.717, 1.165) is 28.9 Å². The minimum absolute atomic E-state index is 0.0802. The first-order valence-corrected chi connectivity index (χ1v) is 9.03. The van der Waals surface area contributed by atoms with Gasteiger partial charge < -0.3 is 16.2 Å². The summed E-state index contributed by atoms with van der Waals surface area (Å²) in [7, 11) is 0. The molecule has 1 fully saturated rings. The molecule has 1 heterocycles. The third kappa shape index (κ3) is 4.87. The molecule has 1 aliphatic rings.